The van der Waals surface area contributed by atoms with E-state index in [1.165, 1.54) is 43.7 Å². The summed E-state index contributed by atoms with van der Waals surface area (Å²) in [4.78, 5) is 5.30. The molecule has 13 aromatic rings. The Kier molecular flexibility index (Phi) is 6.07. The summed E-state index contributed by atoms with van der Waals surface area (Å²) in [7, 11) is 0. The Labute approximate surface area is 325 Å². The van der Waals surface area contributed by atoms with Crippen molar-refractivity contribution in [3.05, 3.63) is 188 Å². The molecule has 6 heteroatoms. The highest BCUT2D eigenvalue weighted by atomic mass is 16.3. The lowest BCUT2D eigenvalue weighted by atomic mass is 10.0. The second kappa shape index (κ2) is 11.4. The van der Waals surface area contributed by atoms with Crippen molar-refractivity contribution in [2.24, 2.45) is 0 Å². The minimum Gasteiger partial charge on any atom is -0.437 e. The molecule has 0 atom stereocenters. The van der Waals surface area contributed by atoms with E-state index in [1.54, 1.807) is 0 Å². The molecule has 5 aromatic heterocycles. The van der Waals surface area contributed by atoms with Gasteiger partial charge in [0.2, 0.25) is 11.5 Å². The summed E-state index contributed by atoms with van der Waals surface area (Å²) < 4.78 is 15.7. The lowest BCUT2D eigenvalue weighted by Crippen LogP contribution is -1.95. The number of rotatable bonds is 4. The summed E-state index contributed by atoms with van der Waals surface area (Å²) in [5.74, 6) is 0.823. The van der Waals surface area contributed by atoms with E-state index in [2.05, 4.69) is 188 Å². The first-order valence-electron chi connectivity index (χ1n) is 19.3. The molecule has 0 spiro atoms. The molecule has 0 N–H and O–H groups in total. The fraction of sp³-hybridized carbons (Fsp3) is 0. The maximum absolute atomic E-state index is 6.55. The predicted molar refractivity (Wildman–Crippen MR) is 233 cm³/mol. The van der Waals surface area contributed by atoms with Crippen LogP contribution in [0.3, 0.4) is 0 Å². The number of aromatic nitrogens is 5. The van der Waals surface area contributed by atoms with E-state index in [-0.39, 0.29) is 0 Å². The molecule has 0 unspecified atom stereocenters. The molecule has 13 rings (SSSR count). The van der Waals surface area contributed by atoms with E-state index in [0.717, 1.165) is 67.1 Å². The third-order valence-electron chi connectivity index (χ3n) is 11.8. The van der Waals surface area contributed by atoms with Crippen molar-refractivity contribution < 1.29 is 4.42 Å². The van der Waals surface area contributed by atoms with Gasteiger partial charge in [0, 0.05) is 44.0 Å². The quantitative estimate of drug-likeness (QED) is 0.181. The van der Waals surface area contributed by atoms with Crippen molar-refractivity contribution in [3.8, 4) is 28.2 Å². The van der Waals surface area contributed by atoms with Gasteiger partial charge in [-0.2, -0.15) is 0 Å². The monoisotopic (exact) mass is 729 g/mol. The van der Waals surface area contributed by atoms with Gasteiger partial charge < -0.3 is 13.6 Å². The van der Waals surface area contributed by atoms with Gasteiger partial charge in [0.05, 0.1) is 33.1 Å². The highest BCUT2D eigenvalue weighted by Crippen LogP contribution is 2.39. The molecule has 8 aromatic carbocycles. The SMILES string of the molecule is c1ccc(-n2c3c4ccccc4oc3n3c4ccc(-n5c6ccccc6c6cc(-c7ccc(-n8c9ccccc9c9ccccc98)cc7)ccc65)cc4nc23)cc1. The molecule has 57 heavy (non-hydrogen) atoms. The van der Waals surface area contributed by atoms with Gasteiger partial charge in [0.15, 0.2) is 0 Å². The van der Waals surface area contributed by atoms with Gasteiger partial charge in [0.25, 0.3) is 0 Å². The summed E-state index contributed by atoms with van der Waals surface area (Å²) in [6.45, 7) is 0. The summed E-state index contributed by atoms with van der Waals surface area (Å²) in [6, 6.07) is 67.1. The Morgan fingerprint density at radius 2 is 0.895 bits per heavy atom. The molecule has 0 bridgehead atoms. The summed E-state index contributed by atoms with van der Waals surface area (Å²) >= 11 is 0. The van der Waals surface area contributed by atoms with Crippen LogP contribution in [0.2, 0.25) is 0 Å². The molecule has 6 nitrogen and oxygen atoms in total. The average molecular weight is 730 g/mol. The zero-order valence-electron chi connectivity index (χ0n) is 30.5. The molecule has 0 aliphatic heterocycles. The van der Waals surface area contributed by atoms with Gasteiger partial charge in [-0.3, -0.25) is 4.57 Å². The van der Waals surface area contributed by atoms with Gasteiger partial charge >= 0.3 is 0 Å². The number of para-hydroxylation sites is 5. The van der Waals surface area contributed by atoms with Gasteiger partial charge in [-0.05, 0) is 96.1 Å². The van der Waals surface area contributed by atoms with Crippen molar-refractivity contribution in [1.82, 2.24) is 23.1 Å². The molecular formula is C51H31N5O. The first-order chi connectivity index (χ1) is 28.3. The van der Waals surface area contributed by atoms with Crippen LogP contribution in [0.4, 0.5) is 0 Å². The Bertz CT molecular complexity index is 3690. The molecule has 0 saturated heterocycles. The Hall–Kier alpha value is -7.83. The molecule has 0 fully saturated rings. The van der Waals surface area contributed by atoms with E-state index < -0.39 is 0 Å². The number of hydrogen-bond donors (Lipinski definition) is 0. The van der Waals surface area contributed by atoms with E-state index in [4.69, 9.17) is 9.40 Å². The van der Waals surface area contributed by atoms with Crippen molar-refractivity contribution in [2.75, 3.05) is 0 Å². The maximum atomic E-state index is 6.55. The largest absolute Gasteiger partial charge is 0.437 e. The molecule has 5 heterocycles. The lowest BCUT2D eigenvalue weighted by molar-refractivity contribution is 0.651. The van der Waals surface area contributed by atoms with Gasteiger partial charge in [0.1, 0.15) is 11.1 Å². The van der Waals surface area contributed by atoms with Crippen molar-refractivity contribution in [2.45, 2.75) is 0 Å². The minimum atomic E-state index is 0.790. The predicted octanol–water partition coefficient (Wildman–Crippen LogP) is 13.0. The van der Waals surface area contributed by atoms with Crippen LogP contribution in [0.15, 0.2) is 192 Å². The number of imidazole rings is 2. The third-order valence-corrected chi connectivity index (χ3v) is 11.8. The molecule has 0 aliphatic rings. The number of benzene rings is 8. The Morgan fingerprint density at radius 3 is 1.61 bits per heavy atom. The van der Waals surface area contributed by atoms with Gasteiger partial charge in [-0.15, -0.1) is 0 Å². The molecule has 0 amide bonds. The van der Waals surface area contributed by atoms with Crippen LogP contribution in [-0.4, -0.2) is 23.1 Å². The fourth-order valence-electron chi connectivity index (χ4n) is 9.29. The highest BCUT2D eigenvalue weighted by Gasteiger charge is 2.24. The second-order valence-corrected chi connectivity index (χ2v) is 14.8. The van der Waals surface area contributed by atoms with E-state index in [1.807, 2.05) is 18.2 Å². The Morgan fingerprint density at radius 1 is 0.368 bits per heavy atom. The topological polar surface area (TPSA) is 45.2 Å². The van der Waals surface area contributed by atoms with Crippen LogP contribution in [0.5, 0.6) is 0 Å². The van der Waals surface area contributed by atoms with E-state index in [9.17, 15) is 0 Å². The molecule has 0 saturated carbocycles. The van der Waals surface area contributed by atoms with Crippen LogP contribution in [-0.2, 0) is 0 Å². The van der Waals surface area contributed by atoms with Crippen molar-refractivity contribution >= 4 is 82.6 Å². The van der Waals surface area contributed by atoms with Crippen molar-refractivity contribution in [3.63, 3.8) is 0 Å². The maximum Gasteiger partial charge on any atom is 0.232 e. The van der Waals surface area contributed by atoms with Crippen LogP contribution >= 0.6 is 0 Å². The zero-order chi connectivity index (χ0) is 37.2. The van der Waals surface area contributed by atoms with Crippen LogP contribution in [0, 0.1) is 0 Å². The summed E-state index contributed by atoms with van der Waals surface area (Å²) in [5, 5.41) is 6.03. The minimum absolute atomic E-state index is 0.790. The summed E-state index contributed by atoms with van der Waals surface area (Å²) in [6.07, 6.45) is 0. The number of furan rings is 1. The van der Waals surface area contributed by atoms with Crippen LogP contribution in [0.25, 0.3) is 111 Å². The number of hydrogen-bond acceptors (Lipinski definition) is 2. The first kappa shape index (κ1) is 30.5. The van der Waals surface area contributed by atoms with Gasteiger partial charge in [-0.1, -0.05) is 103 Å². The third kappa shape index (κ3) is 4.21. The van der Waals surface area contributed by atoms with Gasteiger partial charge in [-0.25, -0.2) is 9.38 Å². The first-order valence-corrected chi connectivity index (χ1v) is 19.3. The van der Waals surface area contributed by atoms with Crippen LogP contribution in [0.1, 0.15) is 0 Å². The standard InChI is InChI=1S/C51H31N5O/c1-2-12-34(13-3-1)55-49-40-17-7-11-21-48(40)57-50(49)56-47-29-27-36(31-42(47)52-51(55)56)54-45-20-10-6-16-39(45)41-30-33(24-28-46(41)54)32-22-25-35(26-23-32)53-43-18-8-4-14-37(43)38-15-5-9-19-44(38)53/h1-31H. The van der Waals surface area contributed by atoms with E-state index >= 15 is 0 Å². The second-order valence-electron chi connectivity index (χ2n) is 14.8. The van der Waals surface area contributed by atoms with Crippen LogP contribution < -0.4 is 0 Å². The van der Waals surface area contributed by atoms with Crippen molar-refractivity contribution in [1.29, 1.82) is 0 Å². The smallest absolute Gasteiger partial charge is 0.232 e. The molecule has 0 aliphatic carbocycles. The van der Waals surface area contributed by atoms with E-state index in [0.29, 0.717) is 0 Å². The highest BCUT2D eigenvalue weighted by molar-refractivity contribution is 6.12. The summed E-state index contributed by atoms with van der Waals surface area (Å²) in [5.41, 5.74) is 14.9. The molecule has 266 valence electrons. The lowest BCUT2D eigenvalue weighted by Gasteiger charge is -2.10. The zero-order valence-corrected chi connectivity index (χ0v) is 30.5. The number of nitrogens with zero attached hydrogens (tertiary/aromatic N) is 5. The Balaban J connectivity index is 0.955. The molecule has 0 radical (unpaired) electrons. The normalized spacial score (nSPS) is 12.2. The fourth-order valence-corrected chi connectivity index (χ4v) is 9.29. The molecular weight excluding hydrogens is 699 g/mol. The average Bonchev–Trinajstić information content (AvgIpc) is 4.06. The number of fused-ring (bicyclic) bond motifs is 13.